The Hall–Kier alpha value is -2.82. The molecule has 0 radical (unpaired) electrons. The number of carbonyl (C=O) groups excluding carboxylic acids is 2. The first-order chi connectivity index (χ1) is 11.5. The van der Waals surface area contributed by atoms with Gasteiger partial charge in [-0.15, -0.1) is 0 Å². The lowest BCUT2D eigenvalue weighted by Crippen LogP contribution is -2.25. The average molecular weight is 323 g/mol. The number of carbonyl (C=O) groups is 2. The van der Waals surface area contributed by atoms with E-state index in [2.05, 4.69) is 16.7 Å². The number of rotatable bonds is 3. The van der Waals surface area contributed by atoms with Crippen LogP contribution in [-0.4, -0.2) is 18.5 Å². The summed E-state index contributed by atoms with van der Waals surface area (Å²) < 4.78 is 0. The molecule has 24 heavy (non-hydrogen) atoms. The minimum absolute atomic E-state index is 0.101. The Morgan fingerprint density at radius 3 is 2.38 bits per heavy atom. The molecule has 0 fully saturated rings. The molecule has 0 unspecified atom stereocenters. The molecular formula is C19H21N3O2. The lowest BCUT2D eigenvalue weighted by atomic mass is 10.1. The van der Waals surface area contributed by atoms with E-state index < -0.39 is 0 Å². The molecule has 0 aromatic heterocycles. The lowest BCUT2D eigenvalue weighted by Gasteiger charge is -2.15. The summed E-state index contributed by atoms with van der Waals surface area (Å²) >= 11 is 0. The SMILES string of the molecule is CCN1C(=O)Cc2cc(NC(=O)Nc3cc(C)cc(C)c3)ccc21. The molecular weight excluding hydrogens is 302 g/mol. The van der Waals surface area contributed by atoms with Crippen LogP contribution >= 0.6 is 0 Å². The van der Waals surface area contributed by atoms with Gasteiger partial charge in [-0.2, -0.15) is 0 Å². The number of anilines is 3. The summed E-state index contributed by atoms with van der Waals surface area (Å²) in [5.74, 6) is 0.101. The molecule has 5 nitrogen and oxygen atoms in total. The fourth-order valence-corrected chi connectivity index (χ4v) is 3.15. The fourth-order valence-electron chi connectivity index (χ4n) is 3.15. The van der Waals surface area contributed by atoms with E-state index in [9.17, 15) is 9.59 Å². The van der Waals surface area contributed by atoms with Gasteiger partial charge in [0.25, 0.3) is 0 Å². The standard InChI is InChI=1S/C19H21N3O2/c1-4-22-17-6-5-15(10-14(17)11-18(22)23)20-19(24)21-16-8-12(2)7-13(3)9-16/h5-10H,4,11H2,1-3H3,(H2,20,21,24). The number of hydrogen-bond donors (Lipinski definition) is 2. The molecule has 0 bridgehead atoms. The van der Waals surface area contributed by atoms with Crippen molar-refractivity contribution >= 4 is 29.0 Å². The van der Waals surface area contributed by atoms with Crippen molar-refractivity contribution in [2.45, 2.75) is 27.2 Å². The molecule has 2 aromatic rings. The molecule has 0 spiro atoms. The molecule has 0 aliphatic carbocycles. The van der Waals surface area contributed by atoms with Crippen LogP contribution in [-0.2, 0) is 11.2 Å². The molecule has 1 aliphatic rings. The Morgan fingerprint density at radius 1 is 1.04 bits per heavy atom. The summed E-state index contributed by atoms with van der Waals surface area (Å²) in [7, 11) is 0. The first-order valence-corrected chi connectivity index (χ1v) is 8.06. The van der Waals surface area contributed by atoms with Crippen molar-refractivity contribution in [3.63, 3.8) is 0 Å². The van der Waals surface area contributed by atoms with Gasteiger partial charge >= 0.3 is 6.03 Å². The van der Waals surface area contributed by atoms with Gasteiger partial charge < -0.3 is 15.5 Å². The maximum Gasteiger partial charge on any atom is 0.323 e. The largest absolute Gasteiger partial charge is 0.323 e. The summed E-state index contributed by atoms with van der Waals surface area (Å²) in [5, 5.41) is 5.67. The molecule has 1 aliphatic heterocycles. The number of aryl methyl sites for hydroxylation is 2. The zero-order chi connectivity index (χ0) is 17.3. The average Bonchev–Trinajstić information content (AvgIpc) is 2.80. The third-order valence-electron chi connectivity index (χ3n) is 4.07. The number of nitrogens with one attached hydrogen (secondary N) is 2. The van der Waals surface area contributed by atoms with Crippen LogP contribution in [0.15, 0.2) is 36.4 Å². The monoisotopic (exact) mass is 323 g/mol. The Kier molecular flexibility index (Phi) is 4.25. The first-order valence-electron chi connectivity index (χ1n) is 8.06. The van der Waals surface area contributed by atoms with Crippen LogP contribution in [0.4, 0.5) is 21.9 Å². The highest BCUT2D eigenvalue weighted by Crippen LogP contribution is 2.31. The third kappa shape index (κ3) is 3.25. The van der Waals surface area contributed by atoms with Crippen LogP contribution < -0.4 is 15.5 Å². The second-order valence-corrected chi connectivity index (χ2v) is 6.11. The maximum atomic E-state index is 12.2. The zero-order valence-corrected chi connectivity index (χ0v) is 14.1. The van der Waals surface area contributed by atoms with Gasteiger partial charge in [0, 0.05) is 23.6 Å². The van der Waals surface area contributed by atoms with Gasteiger partial charge in [-0.1, -0.05) is 6.07 Å². The normalized spacial score (nSPS) is 13.0. The van der Waals surface area contributed by atoms with Gasteiger partial charge in [0.2, 0.25) is 5.91 Å². The second kappa shape index (κ2) is 6.35. The lowest BCUT2D eigenvalue weighted by molar-refractivity contribution is -0.117. The van der Waals surface area contributed by atoms with Crippen LogP contribution in [0.3, 0.4) is 0 Å². The van der Waals surface area contributed by atoms with Gasteiger partial charge in [-0.25, -0.2) is 4.79 Å². The van der Waals surface area contributed by atoms with Gasteiger partial charge in [0.1, 0.15) is 0 Å². The molecule has 0 saturated carbocycles. The van der Waals surface area contributed by atoms with E-state index >= 15 is 0 Å². The minimum atomic E-state index is -0.295. The first kappa shape index (κ1) is 16.1. The molecule has 3 rings (SSSR count). The predicted molar refractivity (Wildman–Crippen MR) is 96.7 cm³/mol. The summed E-state index contributed by atoms with van der Waals surface area (Å²) in [6.07, 6.45) is 0.386. The Morgan fingerprint density at radius 2 is 1.71 bits per heavy atom. The predicted octanol–water partition coefficient (Wildman–Crippen LogP) is 3.86. The van der Waals surface area contributed by atoms with E-state index in [1.54, 1.807) is 4.90 Å². The van der Waals surface area contributed by atoms with Crippen LogP contribution in [0.1, 0.15) is 23.6 Å². The van der Waals surface area contributed by atoms with E-state index in [1.807, 2.05) is 51.1 Å². The van der Waals surface area contributed by atoms with E-state index in [4.69, 9.17) is 0 Å². The maximum absolute atomic E-state index is 12.2. The summed E-state index contributed by atoms with van der Waals surface area (Å²) in [4.78, 5) is 25.9. The number of likely N-dealkylation sites (N-methyl/N-ethyl adjacent to an activating group) is 1. The Balaban J connectivity index is 1.71. The summed E-state index contributed by atoms with van der Waals surface area (Å²) in [5.41, 5.74) is 5.52. The van der Waals surface area contributed by atoms with Crippen molar-refractivity contribution < 1.29 is 9.59 Å². The van der Waals surface area contributed by atoms with Crippen molar-refractivity contribution in [3.8, 4) is 0 Å². The highest BCUT2D eigenvalue weighted by atomic mass is 16.2. The summed E-state index contributed by atoms with van der Waals surface area (Å²) in [6.45, 7) is 6.60. The van der Waals surface area contributed by atoms with Crippen molar-refractivity contribution in [3.05, 3.63) is 53.1 Å². The van der Waals surface area contributed by atoms with Gasteiger partial charge in [0.05, 0.1) is 6.42 Å². The minimum Gasteiger partial charge on any atom is -0.312 e. The summed E-state index contributed by atoms with van der Waals surface area (Å²) in [6, 6.07) is 11.2. The van der Waals surface area contributed by atoms with Gasteiger partial charge in [-0.3, -0.25) is 4.79 Å². The molecule has 2 aromatic carbocycles. The molecule has 0 saturated heterocycles. The van der Waals surface area contributed by atoms with Crippen LogP contribution in [0.2, 0.25) is 0 Å². The molecule has 124 valence electrons. The third-order valence-corrected chi connectivity index (χ3v) is 4.07. The molecule has 1 heterocycles. The van der Waals surface area contributed by atoms with Crippen molar-refractivity contribution in [1.82, 2.24) is 0 Å². The van der Waals surface area contributed by atoms with Crippen LogP contribution in [0.5, 0.6) is 0 Å². The second-order valence-electron chi connectivity index (χ2n) is 6.11. The van der Waals surface area contributed by atoms with Gasteiger partial charge in [-0.05, 0) is 67.8 Å². The molecule has 3 amide bonds. The number of amides is 3. The molecule has 2 N–H and O–H groups in total. The van der Waals surface area contributed by atoms with E-state index in [0.29, 0.717) is 18.7 Å². The Labute approximate surface area is 141 Å². The smallest absolute Gasteiger partial charge is 0.312 e. The number of nitrogens with zero attached hydrogens (tertiary/aromatic N) is 1. The van der Waals surface area contributed by atoms with E-state index in [1.165, 1.54) is 0 Å². The number of benzene rings is 2. The number of hydrogen-bond acceptors (Lipinski definition) is 2. The highest BCUT2D eigenvalue weighted by Gasteiger charge is 2.25. The Bertz CT molecular complexity index is 794. The van der Waals surface area contributed by atoms with Crippen molar-refractivity contribution in [2.75, 3.05) is 22.1 Å². The fraction of sp³-hybridized carbons (Fsp3) is 0.263. The topological polar surface area (TPSA) is 61.4 Å². The number of fused-ring (bicyclic) bond motifs is 1. The molecule has 0 atom stereocenters. The number of urea groups is 1. The highest BCUT2D eigenvalue weighted by molar-refractivity contribution is 6.03. The van der Waals surface area contributed by atoms with Gasteiger partial charge in [0.15, 0.2) is 0 Å². The van der Waals surface area contributed by atoms with Crippen LogP contribution in [0, 0.1) is 13.8 Å². The quantitative estimate of drug-likeness (QED) is 0.901. The van der Waals surface area contributed by atoms with Crippen molar-refractivity contribution in [1.29, 1.82) is 0 Å². The zero-order valence-electron chi connectivity index (χ0n) is 14.1. The van der Waals surface area contributed by atoms with Crippen LogP contribution in [0.25, 0.3) is 0 Å². The molecule has 5 heteroatoms. The van der Waals surface area contributed by atoms with E-state index in [0.717, 1.165) is 28.1 Å². The van der Waals surface area contributed by atoms with Crippen molar-refractivity contribution in [2.24, 2.45) is 0 Å². The van der Waals surface area contributed by atoms with E-state index in [-0.39, 0.29) is 11.9 Å².